The van der Waals surface area contributed by atoms with E-state index in [9.17, 15) is 14.4 Å². The van der Waals surface area contributed by atoms with E-state index in [-0.39, 0.29) is 35.7 Å². The third-order valence-electron chi connectivity index (χ3n) is 4.51. The predicted octanol–water partition coefficient (Wildman–Crippen LogP) is 1.88. The normalized spacial score (nSPS) is 15.5. The molecule has 1 aliphatic heterocycles. The summed E-state index contributed by atoms with van der Waals surface area (Å²) in [5.74, 6) is -0.315. The van der Waals surface area contributed by atoms with E-state index in [2.05, 4.69) is 10.6 Å². The summed E-state index contributed by atoms with van der Waals surface area (Å²) >= 11 is 0. The highest BCUT2D eigenvalue weighted by atomic mass is 16.2. The van der Waals surface area contributed by atoms with Crippen molar-refractivity contribution < 1.29 is 14.4 Å². The van der Waals surface area contributed by atoms with Crippen molar-refractivity contribution in [1.82, 2.24) is 15.5 Å². The van der Waals surface area contributed by atoms with E-state index in [1.165, 1.54) is 0 Å². The van der Waals surface area contributed by atoms with Gasteiger partial charge in [0.25, 0.3) is 5.91 Å². The van der Waals surface area contributed by atoms with Crippen LogP contribution in [0.5, 0.6) is 0 Å². The van der Waals surface area contributed by atoms with E-state index < -0.39 is 0 Å². The smallest absolute Gasteiger partial charge is 0.251 e. The molecule has 0 bridgehead atoms. The average molecular weight is 359 g/mol. The second-order valence-corrected chi connectivity index (χ2v) is 7.93. The van der Waals surface area contributed by atoms with Gasteiger partial charge in [0.15, 0.2) is 0 Å². The Morgan fingerprint density at radius 2 is 1.65 bits per heavy atom. The number of nitrogens with one attached hydrogen (secondary N) is 2. The number of benzene rings is 1. The first-order valence-electron chi connectivity index (χ1n) is 9.10. The summed E-state index contributed by atoms with van der Waals surface area (Å²) in [5, 5.41) is 5.58. The molecule has 1 saturated heterocycles. The lowest BCUT2D eigenvalue weighted by Crippen LogP contribution is -2.50. The number of aryl methyl sites for hydroxylation is 1. The van der Waals surface area contributed by atoms with Gasteiger partial charge in [-0.1, -0.05) is 38.5 Å². The minimum absolute atomic E-state index is 0.0443. The Hall–Kier alpha value is -2.37. The number of hydrogen-bond donors (Lipinski definition) is 2. The molecule has 1 aliphatic rings. The van der Waals surface area contributed by atoms with Gasteiger partial charge in [0.1, 0.15) is 0 Å². The summed E-state index contributed by atoms with van der Waals surface area (Å²) in [5.41, 5.74) is 1.24. The maximum absolute atomic E-state index is 12.3. The second kappa shape index (κ2) is 8.34. The molecule has 1 heterocycles. The van der Waals surface area contributed by atoms with Crippen molar-refractivity contribution in [3.05, 3.63) is 35.4 Å². The van der Waals surface area contributed by atoms with Gasteiger partial charge in [-0.2, -0.15) is 0 Å². The maximum atomic E-state index is 12.3. The Labute approximate surface area is 155 Å². The standard InChI is InChI=1S/C20H29N3O3/c1-14-5-7-15(8-6-14)18(25)21-13-17(24)22-16-9-11-23(12-10-16)19(26)20(2,3)4/h5-8,16H,9-13H2,1-4H3,(H,21,25)(H,22,24). The van der Waals surface area contributed by atoms with Gasteiger partial charge in [-0.15, -0.1) is 0 Å². The Morgan fingerprint density at radius 1 is 1.08 bits per heavy atom. The summed E-state index contributed by atoms with van der Waals surface area (Å²) in [7, 11) is 0. The number of piperidine rings is 1. The van der Waals surface area contributed by atoms with Crippen molar-refractivity contribution in [2.45, 2.75) is 46.6 Å². The van der Waals surface area contributed by atoms with Gasteiger partial charge in [0.05, 0.1) is 6.54 Å². The van der Waals surface area contributed by atoms with Crippen LogP contribution in [-0.2, 0) is 9.59 Å². The molecule has 0 saturated carbocycles. The van der Waals surface area contributed by atoms with Crippen LogP contribution in [0.15, 0.2) is 24.3 Å². The summed E-state index contributed by atoms with van der Waals surface area (Å²) in [6.45, 7) is 8.96. The van der Waals surface area contributed by atoms with Crippen LogP contribution in [0.25, 0.3) is 0 Å². The summed E-state index contributed by atoms with van der Waals surface area (Å²) in [6, 6.07) is 7.25. The molecule has 6 nitrogen and oxygen atoms in total. The molecule has 0 radical (unpaired) electrons. The van der Waals surface area contributed by atoms with Crippen LogP contribution in [0.1, 0.15) is 49.5 Å². The molecule has 3 amide bonds. The zero-order chi connectivity index (χ0) is 19.3. The molecule has 1 aromatic rings. The lowest BCUT2D eigenvalue weighted by Gasteiger charge is -2.36. The number of rotatable bonds is 4. The third-order valence-corrected chi connectivity index (χ3v) is 4.51. The number of hydrogen-bond acceptors (Lipinski definition) is 3. The minimum atomic E-state index is -0.379. The highest BCUT2D eigenvalue weighted by Gasteiger charge is 2.30. The SMILES string of the molecule is Cc1ccc(C(=O)NCC(=O)NC2CCN(C(=O)C(C)(C)C)CC2)cc1. The monoisotopic (exact) mass is 359 g/mol. The number of carbonyl (C=O) groups excluding carboxylic acids is 3. The minimum Gasteiger partial charge on any atom is -0.352 e. The van der Waals surface area contributed by atoms with Crippen molar-refractivity contribution in [3.8, 4) is 0 Å². The van der Waals surface area contributed by atoms with Crippen molar-refractivity contribution in [2.24, 2.45) is 5.41 Å². The van der Waals surface area contributed by atoms with Crippen molar-refractivity contribution in [2.75, 3.05) is 19.6 Å². The molecule has 142 valence electrons. The molecule has 1 aromatic carbocycles. The van der Waals surface area contributed by atoms with Gasteiger partial charge in [0.2, 0.25) is 11.8 Å². The lowest BCUT2D eigenvalue weighted by atomic mass is 9.93. The van der Waals surface area contributed by atoms with Gasteiger partial charge < -0.3 is 15.5 Å². The molecular weight excluding hydrogens is 330 g/mol. The van der Waals surface area contributed by atoms with E-state index in [1.54, 1.807) is 12.1 Å². The molecule has 2 N–H and O–H groups in total. The highest BCUT2D eigenvalue weighted by Crippen LogP contribution is 2.20. The second-order valence-electron chi connectivity index (χ2n) is 7.93. The van der Waals surface area contributed by atoms with Crippen LogP contribution in [0.2, 0.25) is 0 Å². The molecule has 0 aromatic heterocycles. The van der Waals surface area contributed by atoms with Crippen LogP contribution >= 0.6 is 0 Å². The van der Waals surface area contributed by atoms with Gasteiger partial charge in [0, 0.05) is 30.1 Å². The molecule has 1 fully saturated rings. The van der Waals surface area contributed by atoms with Crippen LogP contribution < -0.4 is 10.6 Å². The molecule has 2 rings (SSSR count). The molecule has 6 heteroatoms. The topological polar surface area (TPSA) is 78.5 Å². The predicted molar refractivity (Wildman–Crippen MR) is 101 cm³/mol. The Bertz CT molecular complexity index is 654. The lowest BCUT2D eigenvalue weighted by molar-refractivity contribution is -0.140. The molecule has 0 atom stereocenters. The van der Waals surface area contributed by atoms with Crippen LogP contribution in [0.3, 0.4) is 0 Å². The summed E-state index contributed by atoms with van der Waals surface area (Å²) in [6.07, 6.45) is 1.47. The van der Waals surface area contributed by atoms with Crippen molar-refractivity contribution in [3.63, 3.8) is 0 Å². The first-order valence-corrected chi connectivity index (χ1v) is 9.10. The first kappa shape index (κ1) is 19.9. The zero-order valence-electron chi connectivity index (χ0n) is 16.1. The molecule has 0 aliphatic carbocycles. The average Bonchev–Trinajstić information content (AvgIpc) is 2.59. The van der Waals surface area contributed by atoms with Crippen LogP contribution in [-0.4, -0.2) is 48.3 Å². The molecule has 0 unspecified atom stereocenters. The number of nitrogens with zero attached hydrogens (tertiary/aromatic N) is 1. The molecule has 0 spiro atoms. The van der Waals surface area contributed by atoms with E-state index in [4.69, 9.17) is 0 Å². The van der Waals surface area contributed by atoms with Crippen molar-refractivity contribution >= 4 is 17.7 Å². The fraction of sp³-hybridized carbons (Fsp3) is 0.550. The molecule has 26 heavy (non-hydrogen) atoms. The number of amides is 3. The van der Waals surface area contributed by atoms with E-state index in [1.807, 2.05) is 44.7 Å². The third kappa shape index (κ3) is 5.58. The van der Waals surface area contributed by atoms with Gasteiger partial charge in [-0.25, -0.2) is 0 Å². The summed E-state index contributed by atoms with van der Waals surface area (Å²) in [4.78, 5) is 38.2. The maximum Gasteiger partial charge on any atom is 0.251 e. The fourth-order valence-corrected chi connectivity index (χ4v) is 2.95. The van der Waals surface area contributed by atoms with Gasteiger partial charge >= 0.3 is 0 Å². The van der Waals surface area contributed by atoms with E-state index in [0.29, 0.717) is 18.7 Å². The Kier molecular flexibility index (Phi) is 6.40. The van der Waals surface area contributed by atoms with E-state index >= 15 is 0 Å². The zero-order valence-corrected chi connectivity index (χ0v) is 16.1. The quantitative estimate of drug-likeness (QED) is 0.861. The fourth-order valence-electron chi connectivity index (χ4n) is 2.95. The highest BCUT2D eigenvalue weighted by molar-refractivity contribution is 5.96. The van der Waals surface area contributed by atoms with Crippen molar-refractivity contribution in [1.29, 1.82) is 0 Å². The Morgan fingerprint density at radius 3 is 2.19 bits per heavy atom. The largest absolute Gasteiger partial charge is 0.352 e. The first-order chi connectivity index (χ1) is 12.2. The van der Waals surface area contributed by atoms with E-state index in [0.717, 1.165) is 18.4 Å². The van der Waals surface area contributed by atoms with Crippen LogP contribution in [0.4, 0.5) is 0 Å². The summed E-state index contributed by atoms with van der Waals surface area (Å²) < 4.78 is 0. The number of carbonyl (C=O) groups is 3. The van der Waals surface area contributed by atoms with Gasteiger partial charge in [-0.3, -0.25) is 14.4 Å². The molecular formula is C20H29N3O3. The Balaban J connectivity index is 1.73. The number of likely N-dealkylation sites (tertiary alicyclic amines) is 1. The van der Waals surface area contributed by atoms with Gasteiger partial charge in [-0.05, 0) is 31.9 Å². The van der Waals surface area contributed by atoms with Crippen LogP contribution in [0, 0.1) is 12.3 Å².